The number of hydrogen-bond acceptors (Lipinski definition) is 6. The van der Waals surface area contributed by atoms with Crippen LogP contribution in [0.2, 0.25) is 0 Å². The Hall–Kier alpha value is -1.70. The molecular formula is C13H21N3O4S. The normalized spacial score (nSPS) is 24.4. The molecule has 1 rings (SSSR count). The Morgan fingerprint density at radius 2 is 2.19 bits per heavy atom. The van der Waals surface area contributed by atoms with Crippen LogP contribution in [-0.2, 0) is 19.1 Å². The Morgan fingerprint density at radius 3 is 2.62 bits per heavy atom. The van der Waals surface area contributed by atoms with Crippen molar-refractivity contribution in [1.82, 2.24) is 5.43 Å². The molecule has 1 heterocycles. The Kier molecular flexibility index (Phi) is 5.27. The first-order chi connectivity index (χ1) is 9.63. The molecule has 0 aromatic rings. The summed E-state index contributed by atoms with van der Waals surface area (Å²) < 4.78 is 10.3. The highest BCUT2D eigenvalue weighted by atomic mass is 32.1. The van der Waals surface area contributed by atoms with Gasteiger partial charge in [0.05, 0.1) is 6.61 Å². The van der Waals surface area contributed by atoms with Gasteiger partial charge in [0.1, 0.15) is 5.60 Å². The molecule has 118 valence electrons. The number of carbonyl (C=O) groups excluding carboxylic acids is 2. The number of nitrogens with zero attached hydrogens (tertiary/aromatic N) is 1. The highest BCUT2D eigenvalue weighted by Crippen LogP contribution is 2.44. The zero-order chi connectivity index (χ0) is 16.3. The molecule has 0 amide bonds. The second-order valence-corrected chi connectivity index (χ2v) is 6.07. The van der Waals surface area contributed by atoms with Crippen LogP contribution in [0.25, 0.3) is 0 Å². The van der Waals surface area contributed by atoms with E-state index in [0.717, 1.165) is 0 Å². The lowest BCUT2D eigenvalue weighted by Crippen LogP contribution is -2.40. The lowest BCUT2D eigenvalue weighted by molar-refractivity contribution is -0.165. The minimum atomic E-state index is -1.37. The second-order valence-electron chi connectivity index (χ2n) is 5.63. The number of esters is 2. The third kappa shape index (κ3) is 4.13. The molecule has 1 aliphatic heterocycles. The number of hydrogen-bond donors (Lipinski definition) is 2. The van der Waals surface area contributed by atoms with Gasteiger partial charge >= 0.3 is 11.9 Å². The van der Waals surface area contributed by atoms with Crippen LogP contribution in [0.4, 0.5) is 0 Å². The second kappa shape index (κ2) is 6.38. The van der Waals surface area contributed by atoms with E-state index in [9.17, 15) is 9.59 Å². The molecular weight excluding hydrogens is 294 g/mol. The summed E-state index contributed by atoms with van der Waals surface area (Å²) in [5.41, 5.74) is 6.14. The Bertz CT molecular complexity index is 490. The van der Waals surface area contributed by atoms with Gasteiger partial charge < -0.3 is 15.2 Å². The highest BCUT2D eigenvalue weighted by Gasteiger charge is 2.59. The molecule has 7 nitrogen and oxygen atoms in total. The van der Waals surface area contributed by atoms with E-state index in [4.69, 9.17) is 15.2 Å². The number of carbonyl (C=O) groups is 2. The van der Waals surface area contributed by atoms with E-state index < -0.39 is 23.0 Å². The van der Waals surface area contributed by atoms with Crippen LogP contribution in [0, 0.1) is 5.41 Å². The third-order valence-corrected chi connectivity index (χ3v) is 3.16. The van der Waals surface area contributed by atoms with Crippen molar-refractivity contribution >= 4 is 35.0 Å². The fourth-order valence-corrected chi connectivity index (χ4v) is 2.49. The van der Waals surface area contributed by atoms with Gasteiger partial charge in [0.15, 0.2) is 10.5 Å². The van der Waals surface area contributed by atoms with Crippen molar-refractivity contribution in [3.8, 4) is 0 Å². The summed E-state index contributed by atoms with van der Waals surface area (Å²) in [6, 6.07) is 0. The first-order valence-electron chi connectivity index (χ1n) is 6.62. The Labute approximate surface area is 129 Å². The number of hydrazone groups is 1. The molecule has 0 radical (unpaired) electrons. The van der Waals surface area contributed by atoms with Crippen molar-refractivity contribution in [2.24, 2.45) is 16.3 Å². The molecule has 1 fully saturated rings. The average molecular weight is 315 g/mol. The van der Waals surface area contributed by atoms with E-state index in [2.05, 4.69) is 22.7 Å². The monoisotopic (exact) mass is 315 g/mol. The smallest absolute Gasteiger partial charge is 0.324 e. The van der Waals surface area contributed by atoms with Crippen molar-refractivity contribution in [2.75, 3.05) is 6.61 Å². The minimum Gasteiger partial charge on any atom is -0.465 e. The number of nitrogens with two attached hydrogens (primary N) is 1. The number of cyclic esters (lactones) is 1. The molecule has 21 heavy (non-hydrogen) atoms. The molecule has 0 aromatic carbocycles. The molecule has 8 heteroatoms. The summed E-state index contributed by atoms with van der Waals surface area (Å²) >= 11 is 4.65. The topological polar surface area (TPSA) is 103 Å². The SMILES string of the molecule is CCOC(=O)[C@]1(C/C(C)=N\NC(N)=S)CC(C)(C)OC1=O. The van der Waals surface area contributed by atoms with Crippen LogP contribution in [0.1, 0.15) is 40.5 Å². The zero-order valence-corrected chi connectivity index (χ0v) is 13.5. The van der Waals surface area contributed by atoms with Gasteiger partial charge in [-0.25, -0.2) is 0 Å². The number of ether oxygens (including phenoxy) is 2. The summed E-state index contributed by atoms with van der Waals surface area (Å²) in [5, 5.41) is 3.95. The third-order valence-electron chi connectivity index (χ3n) is 3.07. The van der Waals surface area contributed by atoms with Crippen LogP contribution in [-0.4, -0.2) is 35.0 Å². The van der Waals surface area contributed by atoms with E-state index in [1.165, 1.54) is 0 Å². The van der Waals surface area contributed by atoms with Crippen LogP contribution >= 0.6 is 12.2 Å². The molecule has 0 aromatic heterocycles. The quantitative estimate of drug-likeness (QED) is 0.255. The molecule has 3 N–H and O–H groups in total. The standard InChI is InChI=1S/C13H21N3O4S/c1-5-19-9(17)13(6-8(2)15-16-11(14)21)7-12(3,4)20-10(13)18/h5-7H2,1-4H3,(H3,14,16,21)/b15-8-/t13-/m0/s1. The van der Waals surface area contributed by atoms with Crippen molar-refractivity contribution in [3.05, 3.63) is 0 Å². The van der Waals surface area contributed by atoms with Gasteiger partial charge in [-0.15, -0.1) is 0 Å². The zero-order valence-electron chi connectivity index (χ0n) is 12.7. The number of rotatable bonds is 5. The highest BCUT2D eigenvalue weighted by molar-refractivity contribution is 7.80. The van der Waals surface area contributed by atoms with E-state index in [1.807, 2.05) is 0 Å². The lowest BCUT2D eigenvalue weighted by Gasteiger charge is -2.23. The van der Waals surface area contributed by atoms with Gasteiger partial charge in [-0.1, -0.05) is 0 Å². The van der Waals surface area contributed by atoms with Crippen molar-refractivity contribution in [1.29, 1.82) is 0 Å². The van der Waals surface area contributed by atoms with Gasteiger partial charge in [0.25, 0.3) is 0 Å². The van der Waals surface area contributed by atoms with Crippen molar-refractivity contribution < 1.29 is 19.1 Å². The van der Waals surface area contributed by atoms with Crippen LogP contribution < -0.4 is 11.2 Å². The summed E-state index contributed by atoms with van der Waals surface area (Å²) in [4.78, 5) is 24.5. The van der Waals surface area contributed by atoms with Crippen LogP contribution in [0.5, 0.6) is 0 Å². The fraction of sp³-hybridized carbons (Fsp3) is 0.692. The molecule has 1 aliphatic rings. The Morgan fingerprint density at radius 1 is 1.57 bits per heavy atom. The lowest BCUT2D eigenvalue weighted by atomic mass is 9.77. The molecule has 1 saturated heterocycles. The Balaban J connectivity index is 3.05. The molecule has 0 bridgehead atoms. The van der Waals surface area contributed by atoms with Crippen molar-refractivity contribution in [2.45, 2.75) is 46.1 Å². The maximum Gasteiger partial charge on any atom is 0.324 e. The number of nitrogens with one attached hydrogen (secondary N) is 1. The largest absolute Gasteiger partial charge is 0.465 e. The van der Waals surface area contributed by atoms with Gasteiger partial charge in [-0.3, -0.25) is 15.0 Å². The predicted octanol–water partition coefficient (Wildman–Crippen LogP) is 0.861. The first kappa shape index (κ1) is 17.4. The van der Waals surface area contributed by atoms with Crippen molar-refractivity contribution in [3.63, 3.8) is 0 Å². The maximum absolute atomic E-state index is 12.3. The minimum absolute atomic E-state index is 0.00821. The average Bonchev–Trinajstić information content (AvgIpc) is 2.57. The number of thiocarbonyl (C=S) groups is 1. The van der Waals surface area contributed by atoms with E-state index in [0.29, 0.717) is 5.71 Å². The van der Waals surface area contributed by atoms with E-state index >= 15 is 0 Å². The summed E-state index contributed by atoms with van der Waals surface area (Å²) in [6.07, 6.45) is 0.321. The van der Waals surface area contributed by atoms with Gasteiger partial charge in [-0.2, -0.15) is 5.10 Å². The maximum atomic E-state index is 12.3. The predicted molar refractivity (Wildman–Crippen MR) is 81.5 cm³/mol. The fourth-order valence-electron chi connectivity index (χ4n) is 2.44. The first-order valence-corrected chi connectivity index (χ1v) is 7.03. The summed E-state index contributed by atoms with van der Waals surface area (Å²) in [6.45, 7) is 7.06. The summed E-state index contributed by atoms with van der Waals surface area (Å²) in [5.74, 6) is -1.18. The van der Waals surface area contributed by atoms with E-state index in [-0.39, 0.29) is 24.6 Å². The molecule has 0 spiro atoms. The summed E-state index contributed by atoms with van der Waals surface area (Å²) in [7, 11) is 0. The van der Waals surface area contributed by atoms with E-state index in [1.54, 1.807) is 27.7 Å². The molecule has 0 saturated carbocycles. The van der Waals surface area contributed by atoms with Gasteiger partial charge in [-0.05, 0) is 39.9 Å². The van der Waals surface area contributed by atoms with Crippen LogP contribution in [0.15, 0.2) is 5.10 Å². The van der Waals surface area contributed by atoms with Crippen LogP contribution in [0.3, 0.4) is 0 Å². The van der Waals surface area contributed by atoms with Gasteiger partial charge in [0, 0.05) is 18.6 Å². The molecule has 0 unspecified atom stereocenters. The molecule has 1 atom stereocenters. The van der Waals surface area contributed by atoms with Gasteiger partial charge in [0.2, 0.25) is 0 Å². The molecule has 0 aliphatic carbocycles.